The van der Waals surface area contributed by atoms with E-state index in [4.69, 9.17) is 4.74 Å². The van der Waals surface area contributed by atoms with Crippen LogP contribution in [0.15, 0.2) is 114 Å². The van der Waals surface area contributed by atoms with Gasteiger partial charge in [-0.2, -0.15) is 0 Å². The lowest BCUT2D eigenvalue weighted by Gasteiger charge is -2.26. The molecule has 0 fully saturated rings. The predicted octanol–water partition coefficient (Wildman–Crippen LogP) is 6.43. The standard InChI is InChI=1S/C30H24N2O5S/c1-21-28-13-6-5-9-24(28)19-31-29(21)32(38(35,36)27-16-14-23(15-17-27)30(33)34)20-22-8-7-12-26(18-22)37-25-10-3-2-4-11-25/h2-19H,20H2,1H3,(H,33,34). The van der Waals surface area contributed by atoms with Crippen molar-refractivity contribution >= 4 is 32.6 Å². The van der Waals surface area contributed by atoms with Gasteiger partial charge in [-0.05, 0) is 66.4 Å². The van der Waals surface area contributed by atoms with Gasteiger partial charge in [0.15, 0.2) is 0 Å². The zero-order valence-corrected chi connectivity index (χ0v) is 21.3. The molecule has 1 N–H and O–H groups in total. The Bertz CT molecular complexity index is 1720. The second-order valence-electron chi connectivity index (χ2n) is 8.70. The summed E-state index contributed by atoms with van der Waals surface area (Å²) in [5.74, 6) is 0.396. The Balaban J connectivity index is 1.58. The van der Waals surface area contributed by atoms with E-state index in [0.717, 1.165) is 10.8 Å². The average Bonchev–Trinajstić information content (AvgIpc) is 2.93. The van der Waals surface area contributed by atoms with Crippen LogP contribution in [0.5, 0.6) is 11.5 Å². The van der Waals surface area contributed by atoms with Crippen LogP contribution in [0, 0.1) is 6.92 Å². The van der Waals surface area contributed by atoms with E-state index in [1.165, 1.54) is 28.6 Å². The first kappa shape index (κ1) is 25.0. The fraction of sp³-hybridized carbons (Fsp3) is 0.0667. The number of hydrogen-bond donors (Lipinski definition) is 1. The van der Waals surface area contributed by atoms with Gasteiger partial charge in [-0.1, -0.05) is 54.6 Å². The molecule has 4 aromatic carbocycles. The van der Waals surface area contributed by atoms with Crippen LogP contribution >= 0.6 is 0 Å². The van der Waals surface area contributed by atoms with Crippen molar-refractivity contribution in [2.45, 2.75) is 18.4 Å². The number of sulfonamides is 1. The summed E-state index contributed by atoms with van der Waals surface area (Å²) in [5, 5.41) is 11.0. The maximum Gasteiger partial charge on any atom is 0.335 e. The predicted molar refractivity (Wildman–Crippen MR) is 146 cm³/mol. The van der Waals surface area contributed by atoms with Crippen LogP contribution in [0.1, 0.15) is 21.5 Å². The number of aromatic nitrogens is 1. The van der Waals surface area contributed by atoms with E-state index in [1.807, 2.05) is 67.6 Å². The van der Waals surface area contributed by atoms with Crippen molar-refractivity contribution in [3.05, 3.63) is 126 Å². The molecular weight excluding hydrogens is 500 g/mol. The molecule has 0 unspecified atom stereocenters. The minimum absolute atomic E-state index is 0.00118. The van der Waals surface area contributed by atoms with Gasteiger partial charge in [0.2, 0.25) is 0 Å². The van der Waals surface area contributed by atoms with E-state index in [1.54, 1.807) is 24.4 Å². The molecule has 0 radical (unpaired) electrons. The van der Waals surface area contributed by atoms with Crippen LogP contribution in [0.2, 0.25) is 0 Å². The summed E-state index contributed by atoms with van der Waals surface area (Å²) in [6.07, 6.45) is 1.66. The van der Waals surface area contributed by atoms with Crippen molar-refractivity contribution in [3.63, 3.8) is 0 Å². The zero-order chi connectivity index (χ0) is 26.7. The quantitative estimate of drug-likeness (QED) is 0.251. The summed E-state index contributed by atoms with van der Waals surface area (Å²) in [7, 11) is -4.12. The van der Waals surface area contributed by atoms with Gasteiger partial charge in [0, 0.05) is 17.1 Å². The molecule has 0 atom stereocenters. The third-order valence-corrected chi connectivity index (χ3v) is 7.91. The van der Waals surface area contributed by atoms with E-state index in [2.05, 4.69) is 4.98 Å². The largest absolute Gasteiger partial charge is 0.478 e. The van der Waals surface area contributed by atoms with Crippen LogP contribution in [0.4, 0.5) is 5.82 Å². The van der Waals surface area contributed by atoms with Crippen LogP contribution in [-0.2, 0) is 16.6 Å². The van der Waals surface area contributed by atoms with E-state index in [9.17, 15) is 18.3 Å². The fourth-order valence-corrected chi connectivity index (χ4v) is 5.68. The normalized spacial score (nSPS) is 11.3. The first-order valence-corrected chi connectivity index (χ1v) is 13.3. The number of hydrogen-bond acceptors (Lipinski definition) is 5. The first-order chi connectivity index (χ1) is 18.3. The number of para-hydroxylation sites is 1. The first-order valence-electron chi connectivity index (χ1n) is 11.9. The average molecular weight is 525 g/mol. The van der Waals surface area contributed by atoms with Crippen molar-refractivity contribution in [1.29, 1.82) is 0 Å². The summed E-state index contributed by atoms with van der Waals surface area (Å²) in [5.41, 5.74) is 1.41. The SMILES string of the molecule is Cc1c(N(Cc2cccc(Oc3ccccc3)c2)S(=O)(=O)c2ccc(C(=O)O)cc2)ncc2ccccc12. The molecule has 1 aromatic heterocycles. The Morgan fingerprint density at radius 1 is 0.868 bits per heavy atom. The van der Waals surface area contributed by atoms with Crippen LogP contribution in [0.3, 0.4) is 0 Å². The van der Waals surface area contributed by atoms with Gasteiger partial charge in [0.05, 0.1) is 17.0 Å². The van der Waals surface area contributed by atoms with Gasteiger partial charge < -0.3 is 9.84 Å². The summed E-state index contributed by atoms with van der Waals surface area (Å²) in [4.78, 5) is 15.8. The molecule has 0 aliphatic heterocycles. The molecule has 0 saturated carbocycles. The lowest BCUT2D eigenvalue weighted by atomic mass is 10.1. The molecule has 0 spiro atoms. The molecule has 0 amide bonds. The number of ether oxygens (including phenoxy) is 1. The second-order valence-corrected chi connectivity index (χ2v) is 10.6. The van der Waals surface area contributed by atoms with E-state index in [0.29, 0.717) is 28.4 Å². The minimum atomic E-state index is -4.12. The smallest absolute Gasteiger partial charge is 0.335 e. The number of benzene rings is 4. The summed E-state index contributed by atoms with van der Waals surface area (Å²) in [6.45, 7) is 1.83. The van der Waals surface area contributed by atoms with Crippen molar-refractivity contribution in [2.75, 3.05) is 4.31 Å². The van der Waals surface area contributed by atoms with Gasteiger partial charge in [-0.15, -0.1) is 0 Å². The fourth-order valence-electron chi connectivity index (χ4n) is 4.22. The number of pyridine rings is 1. The van der Waals surface area contributed by atoms with Gasteiger partial charge in [0.25, 0.3) is 10.0 Å². The summed E-state index contributed by atoms with van der Waals surface area (Å²) >= 11 is 0. The van der Waals surface area contributed by atoms with Crippen molar-refractivity contribution in [3.8, 4) is 11.5 Å². The number of carbonyl (C=O) groups is 1. The van der Waals surface area contributed by atoms with Crippen LogP contribution < -0.4 is 9.04 Å². The molecule has 0 aliphatic carbocycles. The topological polar surface area (TPSA) is 96.8 Å². The molecule has 1 heterocycles. The second kappa shape index (κ2) is 10.4. The number of nitrogens with zero attached hydrogens (tertiary/aromatic N) is 2. The number of aromatic carboxylic acids is 1. The van der Waals surface area contributed by atoms with Crippen LogP contribution in [-0.4, -0.2) is 24.5 Å². The van der Waals surface area contributed by atoms with Gasteiger partial charge in [-0.25, -0.2) is 22.5 Å². The van der Waals surface area contributed by atoms with E-state index < -0.39 is 16.0 Å². The monoisotopic (exact) mass is 524 g/mol. The highest BCUT2D eigenvalue weighted by Crippen LogP contribution is 2.32. The number of carboxylic acid groups (broad SMARTS) is 1. The maximum absolute atomic E-state index is 14.0. The maximum atomic E-state index is 14.0. The minimum Gasteiger partial charge on any atom is -0.478 e. The molecule has 0 aliphatic rings. The Hall–Kier alpha value is -4.69. The third kappa shape index (κ3) is 5.07. The number of aryl methyl sites for hydroxylation is 1. The molecule has 38 heavy (non-hydrogen) atoms. The molecule has 0 bridgehead atoms. The lowest BCUT2D eigenvalue weighted by molar-refractivity contribution is 0.0696. The van der Waals surface area contributed by atoms with Gasteiger partial charge >= 0.3 is 5.97 Å². The van der Waals surface area contributed by atoms with Gasteiger partial charge in [0.1, 0.15) is 17.3 Å². The van der Waals surface area contributed by atoms with Crippen molar-refractivity contribution < 1.29 is 23.1 Å². The van der Waals surface area contributed by atoms with Gasteiger partial charge in [-0.3, -0.25) is 0 Å². The zero-order valence-electron chi connectivity index (χ0n) is 20.5. The molecular formula is C30H24N2O5S. The Morgan fingerprint density at radius 2 is 1.55 bits per heavy atom. The summed E-state index contributed by atoms with van der Waals surface area (Å²) in [6, 6.07) is 29.4. The number of carboxylic acids is 1. The Morgan fingerprint density at radius 3 is 2.29 bits per heavy atom. The molecule has 8 heteroatoms. The number of rotatable bonds is 8. The lowest BCUT2D eigenvalue weighted by Crippen LogP contribution is -2.32. The molecule has 190 valence electrons. The number of anilines is 1. The van der Waals surface area contributed by atoms with E-state index in [-0.39, 0.29) is 17.0 Å². The Kier molecular flexibility index (Phi) is 6.81. The van der Waals surface area contributed by atoms with Crippen LogP contribution in [0.25, 0.3) is 10.8 Å². The number of fused-ring (bicyclic) bond motifs is 1. The molecule has 7 nitrogen and oxygen atoms in total. The highest BCUT2D eigenvalue weighted by Gasteiger charge is 2.28. The molecule has 5 rings (SSSR count). The van der Waals surface area contributed by atoms with E-state index >= 15 is 0 Å². The van der Waals surface area contributed by atoms with Crippen molar-refractivity contribution in [1.82, 2.24) is 4.98 Å². The Labute approximate surface area is 220 Å². The van der Waals surface area contributed by atoms with Crippen molar-refractivity contribution in [2.24, 2.45) is 0 Å². The highest BCUT2D eigenvalue weighted by molar-refractivity contribution is 7.92. The third-order valence-electron chi connectivity index (χ3n) is 6.16. The summed E-state index contributed by atoms with van der Waals surface area (Å²) < 4.78 is 35.2. The molecule has 0 saturated heterocycles. The molecule has 5 aromatic rings. The highest BCUT2D eigenvalue weighted by atomic mass is 32.2.